The van der Waals surface area contributed by atoms with Crippen molar-refractivity contribution in [1.82, 2.24) is 0 Å². The van der Waals surface area contributed by atoms with Gasteiger partial charge in [-0.25, -0.2) is 0 Å². The van der Waals surface area contributed by atoms with Crippen molar-refractivity contribution in [3.63, 3.8) is 0 Å². The second kappa shape index (κ2) is 12.5. The largest absolute Gasteiger partial charge is 0.550 e. The van der Waals surface area contributed by atoms with Crippen molar-refractivity contribution in [3.05, 3.63) is 12.2 Å². The average molecular weight is 386 g/mol. The molecule has 0 saturated heterocycles. The van der Waals surface area contributed by atoms with Crippen LogP contribution in [0.1, 0.15) is 53.4 Å². The summed E-state index contributed by atoms with van der Waals surface area (Å²) in [6.07, 6.45) is 7.70. The van der Waals surface area contributed by atoms with Gasteiger partial charge in [0.05, 0.1) is 26.2 Å². The topological polar surface area (TPSA) is 115 Å². The van der Waals surface area contributed by atoms with Gasteiger partial charge in [0.2, 0.25) is 0 Å². The number of hydrogen-bond donors (Lipinski definition) is 2. The van der Waals surface area contributed by atoms with Crippen LogP contribution in [0.15, 0.2) is 12.2 Å². The highest BCUT2D eigenvalue weighted by Crippen LogP contribution is 2.21. The van der Waals surface area contributed by atoms with Crippen LogP contribution < -0.4 is 5.11 Å². The van der Waals surface area contributed by atoms with E-state index >= 15 is 0 Å². The summed E-state index contributed by atoms with van der Waals surface area (Å²) in [6.45, 7) is 7.87. The summed E-state index contributed by atoms with van der Waals surface area (Å²) in [7, 11) is 0. The van der Waals surface area contributed by atoms with Crippen LogP contribution in [0.2, 0.25) is 0 Å². The van der Waals surface area contributed by atoms with Gasteiger partial charge in [0.1, 0.15) is 11.8 Å². The number of carboxylic acid groups (broad SMARTS) is 3. The molecule has 2 N–H and O–H groups in total. The Bertz CT molecular complexity index is 462. The lowest BCUT2D eigenvalue weighted by atomic mass is 10.0. The number of allylic oxidation sites excluding steroid dienone is 2. The number of carboxylic acids is 3. The van der Waals surface area contributed by atoms with Crippen molar-refractivity contribution in [2.24, 2.45) is 17.8 Å². The second-order valence-electron chi connectivity index (χ2n) is 7.69. The molecule has 0 amide bonds. The zero-order valence-corrected chi connectivity index (χ0v) is 17.0. The highest BCUT2D eigenvalue weighted by atomic mass is 16.4. The first kappa shape index (κ1) is 25.1. The lowest BCUT2D eigenvalue weighted by Crippen LogP contribution is -2.58. The third-order valence-corrected chi connectivity index (χ3v) is 4.88. The molecule has 7 nitrogen and oxygen atoms in total. The Kier molecular flexibility index (Phi) is 11.6. The molecular formula is C20H35NO6. The lowest BCUT2D eigenvalue weighted by molar-refractivity contribution is -0.934. The number of aliphatic carboxylic acids is 3. The summed E-state index contributed by atoms with van der Waals surface area (Å²) in [5, 5.41) is 30.0. The van der Waals surface area contributed by atoms with Crippen molar-refractivity contribution in [1.29, 1.82) is 0 Å². The maximum absolute atomic E-state index is 11.4. The molecule has 0 heterocycles. The fourth-order valence-electron chi connectivity index (χ4n) is 3.46. The molecule has 0 aliphatic carbocycles. The van der Waals surface area contributed by atoms with E-state index in [4.69, 9.17) is 0 Å². The van der Waals surface area contributed by atoms with E-state index < -0.39 is 35.7 Å². The van der Waals surface area contributed by atoms with Gasteiger partial charge in [-0.3, -0.25) is 9.59 Å². The molecule has 0 aromatic rings. The molecule has 3 unspecified atom stereocenters. The predicted molar refractivity (Wildman–Crippen MR) is 101 cm³/mol. The summed E-state index contributed by atoms with van der Waals surface area (Å²) in [5.74, 6) is -5.30. The van der Waals surface area contributed by atoms with E-state index in [0.29, 0.717) is 6.54 Å². The molecule has 0 aromatic carbocycles. The summed E-state index contributed by atoms with van der Waals surface area (Å²) < 4.78 is 0.160. The van der Waals surface area contributed by atoms with Gasteiger partial charge in [-0.1, -0.05) is 26.0 Å². The number of carbonyl (C=O) groups excluding carboxylic acids is 1. The van der Waals surface area contributed by atoms with Gasteiger partial charge < -0.3 is 24.6 Å². The van der Waals surface area contributed by atoms with Crippen molar-refractivity contribution in [3.8, 4) is 0 Å². The standard InChI is InChI=1S/C20H35NO6/c1-5-6-7-8-9-10-11-21(12-15(2)18(22)23,13-16(3)19(24)25)14-17(4)20(26)27/h6-7,15-17H,5,8-14H2,1-4H3,(H2-,22,23,24,25,26,27)/b7-6+. The molecule has 0 aliphatic rings. The SMILES string of the molecule is CC/C=C/CCCC[N+](CC(C)C(=O)[O-])(CC(C)C(=O)O)CC(C)C(=O)O. The number of hydrogen-bond acceptors (Lipinski definition) is 4. The number of quaternary nitrogens is 1. The molecule has 0 bridgehead atoms. The second-order valence-corrected chi connectivity index (χ2v) is 7.69. The smallest absolute Gasteiger partial charge is 0.311 e. The molecule has 0 rings (SSSR count). The van der Waals surface area contributed by atoms with Crippen LogP contribution in [-0.2, 0) is 14.4 Å². The maximum Gasteiger partial charge on any atom is 0.311 e. The molecule has 0 aromatic heterocycles. The van der Waals surface area contributed by atoms with E-state index in [1.54, 1.807) is 13.8 Å². The summed E-state index contributed by atoms with van der Waals surface area (Å²) in [5.41, 5.74) is 0. The van der Waals surface area contributed by atoms with Gasteiger partial charge in [0.15, 0.2) is 0 Å². The Morgan fingerprint density at radius 2 is 1.37 bits per heavy atom. The third kappa shape index (κ3) is 10.1. The quantitative estimate of drug-likeness (QED) is 0.252. The van der Waals surface area contributed by atoms with E-state index in [0.717, 1.165) is 25.7 Å². The molecule has 0 radical (unpaired) electrons. The van der Waals surface area contributed by atoms with Gasteiger partial charge in [0.25, 0.3) is 0 Å². The molecule has 0 spiro atoms. The van der Waals surface area contributed by atoms with Crippen LogP contribution in [0.5, 0.6) is 0 Å². The average Bonchev–Trinajstić information content (AvgIpc) is 2.57. The Labute approximate surface area is 162 Å². The van der Waals surface area contributed by atoms with Crippen molar-refractivity contribution < 1.29 is 34.2 Å². The molecule has 0 saturated carbocycles. The predicted octanol–water partition coefficient (Wildman–Crippen LogP) is 1.77. The van der Waals surface area contributed by atoms with Crippen LogP contribution >= 0.6 is 0 Å². The van der Waals surface area contributed by atoms with E-state index in [1.807, 2.05) is 0 Å². The van der Waals surface area contributed by atoms with Gasteiger partial charge in [-0.05, 0) is 39.5 Å². The molecule has 0 fully saturated rings. The minimum atomic E-state index is -1.20. The molecule has 156 valence electrons. The number of nitrogens with zero attached hydrogens (tertiary/aromatic N) is 1. The summed E-state index contributed by atoms with van der Waals surface area (Å²) >= 11 is 0. The molecule has 0 aliphatic heterocycles. The zero-order valence-electron chi connectivity index (χ0n) is 17.0. The summed E-state index contributed by atoms with van der Waals surface area (Å²) in [4.78, 5) is 34.1. The summed E-state index contributed by atoms with van der Waals surface area (Å²) in [6, 6.07) is 0. The van der Waals surface area contributed by atoms with E-state index in [2.05, 4.69) is 19.1 Å². The van der Waals surface area contributed by atoms with Crippen molar-refractivity contribution in [2.75, 3.05) is 26.2 Å². The fourth-order valence-corrected chi connectivity index (χ4v) is 3.46. The van der Waals surface area contributed by atoms with Gasteiger partial charge in [-0.15, -0.1) is 0 Å². The van der Waals surface area contributed by atoms with Crippen LogP contribution in [0.25, 0.3) is 0 Å². The number of rotatable bonds is 15. The van der Waals surface area contributed by atoms with Crippen molar-refractivity contribution in [2.45, 2.75) is 53.4 Å². The van der Waals surface area contributed by atoms with Gasteiger partial charge >= 0.3 is 11.9 Å². The highest BCUT2D eigenvalue weighted by molar-refractivity contribution is 5.70. The normalized spacial score (nSPS) is 17.2. The van der Waals surface area contributed by atoms with Gasteiger partial charge in [0, 0.05) is 11.9 Å². The number of carbonyl (C=O) groups is 3. The minimum absolute atomic E-state index is 0.160. The Hall–Kier alpha value is -1.89. The third-order valence-electron chi connectivity index (χ3n) is 4.88. The first-order chi connectivity index (χ1) is 12.5. The Morgan fingerprint density at radius 1 is 0.889 bits per heavy atom. The molecule has 27 heavy (non-hydrogen) atoms. The van der Waals surface area contributed by atoms with E-state index in [-0.39, 0.29) is 24.1 Å². The number of unbranched alkanes of at least 4 members (excludes halogenated alkanes) is 2. The molecule has 3 atom stereocenters. The lowest BCUT2D eigenvalue weighted by Gasteiger charge is -2.43. The maximum atomic E-state index is 11.4. The van der Waals surface area contributed by atoms with Crippen LogP contribution in [0.3, 0.4) is 0 Å². The van der Waals surface area contributed by atoms with Crippen molar-refractivity contribution >= 4 is 17.9 Å². The molecular weight excluding hydrogens is 350 g/mol. The van der Waals surface area contributed by atoms with Gasteiger partial charge in [-0.2, -0.15) is 0 Å². The Balaban J connectivity index is 5.46. The fraction of sp³-hybridized carbons (Fsp3) is 0.750. The first-order valence-electron chi connectivity index (χ1n) is 9.71. The van der Waals surface area contributed by atoms with Crippen LogP contribution in [-0.4, -0.2) is 58.8 Å². The Morgan fingerprint density at radius 3 is 1.78 bits per heavy atom. The van der Waals surface area contributed by atoms with E-state index in [1.165, 1.54) is 6.92 Å². The molecule has 7 heteroatoms. The van der Waals surface area contributed by atoms with Crippen LogP contribution in [0.4, 0.5) is 0 Å². The minimum Gasteiger partial charge on any atom is -0.550 e. The first-order valence-corrected chi connectivity index (χ1v) is 9.71. The highest BCUT2D eigenvalue weighted by Gasteiger charge is 2.36. The zero-order chi connectivity index (χ0) is 21.0. The van der Waals surface area contributed by atoms with E-state index in [9.17, 15) is 29.7 Å². The monoisotopic (exact) mass is 385 g/mol. The van der Waals surface area contributed by atoms with Crippen LogP contribution in [0, 0.1) is 17.8 Å².